The highest BCUT2D eigenvalue weighted by Gasteiger charge is 2.15. The average molecular weight is 238 g/mol. The van der Waals surface area contributed by atoms with Crippen LogP contribution in [-0.2, 0) is 0 Å². The molecule has 0 saturated heterocycles. The summed E-state index contributed by atoms with van der Waals surface area (Å²) in [4.78, 5) is 7.18. The highest BCUT2D eigenvalue weighted by molar-refractivity contribution is 9.10. The molecule has 12 heavy (non-hydrogen) atoms. The smallest absolute Gasteiger partial charge is 0.281 e. The summed E-state index contributed by atoms with van der Waals surface area (Å²) in [5.41, 5.74) is -0.297. The zero-order valence-electron chi connectivity index (χ0n) is 6.18. The molecule has 3 nitrogen and oxygen atoms in total. The molecule has 1 N–H and O–H groups in total. The quantitative estimate of drug-likeness (QED) is 0.858. The largest absolute Gasteiger partial charge is 0.372 e. The van der Waals surface area contributed by atoms with Crippen LogP contribution in [0.25, 0.3) is 0 Å². The monoisotopic (exact) mass is 237 g/mol. The van der Waals surface area contributed by atoms with Crippen LogP contribution < -0.4 is 5.32 Å². The predicted octanol–water partition coefficient (Wildman–Crippen LogP) is 2.22. The first-order valence-corrected chi connectivity index (χ1v) is 3.92. The lowest BCUT2D eigenvalue weighted by Gasteiger charge is -2.05. The molecule has 0 bridgehead atoms. The van der Waals surface area contributed by atoms with E-state index in [4.69, 9.17) is 0 Å². The molecule has 0 aliphatic heterocycles. The standard InChI is InChI=1S/C6H6BrF2N3/c1-10-6-3(7)4(5(8)9)11-2-12-6/h2,5H,1H3,(H,10,11,12). The molecule has 0 unspecified atom stereocenters. The molecular weight excluding hydrogens is 232 g/mol. The number of aromatic nitrogens is 2. The van der Waals surface area contributed by atoms with E-state index in [2.05, 4.69) is 31.2 Å². The van der Waals surface area contributed by atoms with Gasteiger partial charge in [-0.1, -0.05) is 0 Å². The molecule has 0 aromatic carbocycles. The summed E-state index contributed by atoms with van der Waals surface area (Å²) in [6, 6.07) is 0. The SMILES string of the molecule is CNc1ncnc(C(F)F)c1Br. The molecule has 66 valence electrons. The molecule has 0 saturated carbocycles. The van der Waals surface area contributed by atoms with Crippen LogP contribution in [0.3, 0.4) is 0 Å². The van der Waals surface area contributed by atoms with Gasteiger partial charge in [0.2, 0.25) is 0 Å². The van der Waals surface area contributed by atoms with Crippen molar-refractivity contribution in [1.29, 1.82) is 0 Å². The Hall–Kier alpha value is -0.780. The topological polar surface area (TPSA) is 37.8 Å². The van der Waals surface area contributed by atoms with Crippen molar-refractivity contribution in [3.8, 4) is 0 Å². The molecule has 0 atom stereocenters. The van der Waals surface area contributed by atoms with Gasteiger partial charge in [-0.15, -0.1) is 0 Å². The van der Waals surface area contributed by atoms with Gasteiger partial charge in [-0.3, -0.25) is 0 Å². The van der Waals surface area contributed by atoms with E-state index in [1.807, 2.05) is 0 Å². The highest BCUT2D eigenvalue weighted by atomic mass is 79.9. The van der Waals surface area contributed by atoms with Gasteiger partial charge in [-0.05, 0) is 15.9 Å². The van der Waals surface area contributed by atoms with Crippen molar-refractivity contribution in [3.05, 3.63) is 16.5 Å². The second-order valence-corrected chi connectivity index (χ2v) is 2.77. The van der Waals surface area contributed by atoms with Gasteiger partial charge in [-0.2, -0.15) is 0 Å². The average Bonchev–Trinajstić information content (AvgIpc) is 2.04. The molecule has 6 heteroatoms. The van der Waals surface area contributed by atoms with Crippen molar-refractivity contribution in [3.63, 3.8) is 0 Å². The highest BCUT2D eigenvalue weighted by Crippen LogP contribution is 2.29. The molecule has 0 radical (unpaired) electrons. The Balaban J connectivity index is 3.14. The fraction of sp³-hybridized carbons (Fsp3) is 0.333. The predicted molar refractivity (Wildman–Crippen MR) is 44.2 cm³/mol. The molecule has 0 fully saturated rings. The maximum Gasteiger partial charge on any atom is 0.281 e. The maximum atomic E-state index is 12.2. The minimum Gasteiger partial charge on any atom is -0.372 e. The second-order valence-electron chi connectivity index (χ2n) is 1.97. The number of anilines is 1. The van der Waals surface area contributed by atoms with Gasteiger partial charge in [0.25, 0.3) is 6.43 Å². The molecule has 1 heterocycles. The number of nitrogens with zero attached hydrogens (tertiary/aromatic N) is 2. The third-order valence-electron chi connectivity index (χ3n) is 1.26. The summed E-state index contributed by atoms with van der Waals surface area (Å²) in [5.74, 6) is 0.361. The molecule has 0 aliphatic carbocycles. The summed E-state index contributed by atoms with van der Waals surface area (Å²) in [5, 5.41) is 2.66. The number of hydrogen-bond acceptors (Lipinski definition) is 3. The fourth-order valence-corrected chi connectivity index (χ4v) is 1.29. The lowest BCUT2D eigenvalue weighted by atomic mass is 10.4. The zero-order chi connectivity index (χ0) is 9.14. The third kappa shape index (κ3) is 1.69. The van der Waals surface area contributed by atoms with Gasteiger partial charge in [0.1, 0.15) is 17.8 Å². The lowest BCUT2D eigenvalue weighted by Crippen LogP contribution is -1.99. The van der Waals surface area contributed by atoms with E-state index in [0.29, 0.717) is 5.82 Å². The molecular formula is C6H6BrF2N3. The second kappa shape index (κ2) is 3.75. The summed E-state index contributed by atoms with van der Waals surface area (Å²) in [7, 11) is 1.60. The first-order valence-electron chi connectivity index (χ1n) is 3.13. The minimum atomic E-state index is -2.59. The summed E-state index contributed by atoms with van der Waals surface area (Å²) < 4.78 is 24.6. The first-order chi connectivity index (χ1) is 5.66. The van der Waals surface area contributed by atoms with Gasteiger partial charge < -0.3 is 5.32 Å². The Kier molecular flexibility index (Phi) is 2.91. The van der Waals surface area contributed by atoms with Crippen LogP contribution >= 0.6 is 15.9 Å². The van der Waals surface area contributed by atoms with Crippen LogP contribution in [0, 0.1) is 0 Å². The minimum absolute atomic E-state index is 0.211. The number of hydrogen-bond donors (Lipinski definition) is 1. The number of alkyl halides is 2. The van der Waals surface area contributed by atoms with E-state index in [9.17, 15) is 8.78 Å². The lowest BCUT2D eigenvalue weighted by molar-refractivity contribution is 0.145. The normalized spacial score (nSPS) is 10.4. The Morgan fingerprint density at radius 1 is 1.50 bits per heavy atom. The first kappa shape index (κ1) is 9.31. The third-order valence-corrected chi connectivity index (χ3v) is 2.04. The van der Waals surface area contributed by atoms with Gasteiger partial charge in [0.15, 0.2) is 0 Å². The number of nitrogens with one attached hydrogen (secondary N) is 1. The van der Waals surface area contributed by atoms with Gasteiger partial charge >= 0.3 is 0 Å². The molecule has 0 spiro atoms. The Labute approximate surface area is 76.3 Å². The van der Waals surface area contributed by atoms with Crippen LogP contribution in [-0.4, -0.2) is 17.0 Å². The Morgan fingerprint density at radius 3 is 2.67 bits per heavy atom. The summed E-state index contributed by atoms with van der Waals surface area (Å²) >= 11 is 2.97. The van der Waals surface area contributed by atoms with E-state index in [0.717, 1.165) is 6.33 Å². The van der Waals surface area contributed by atoms with Crippen molar-refractivity contribution in [1.82, 2.24) is 9.97 Å². The van der Waals surface area contributed by atoms with Gasteiger partial charge in [-0.25, -0.2) is 18.7 Å². The van der Waals surface area contributed by atoms with Crippen molar-refractivity contribution in [2.75, 3.05) is 12.4 Å². The number of halogens is 3. The van der Waals surface area contributed by atoms with Gasteiger partial charge in [0, 0.05) is 7.05 Å². The number of rotatable bonds is 2. The van der Waals surface area contributed by atoms with E-state index in [-0.39, 0.29) is 10.2 Å². The summed E-state index contributed by atoms with van der Waals surface area (Å²) in [6.45, 7) is 0. The van der Waals surface area contributed by atoms with Crippen LogP contribution in [0.1, 0.15) is 12.1 Å². The van der Waals surface area contributed by atoms with E-state index in [1.54, 1.807) is 7.05 Å². The van der Waals surface area contributed by atoms with Crippen molar-refractivity contribution < 1.29 is 8.78 Å². The Bertz CT molecular complexity index is 279. The molecule has 1 rings (SSSR count). The molecule has 1 aromatic heterocycles. The maximum absolute atomic E-state index is 12.2. The fourth-order valence-electron chi connectivity index (χ4n) is 0.710. The van der Waals surface area contributed by atoms with E-state index < -0.39 is 6.43 Å². The van der Waals surface area contributed by atoms with Crippen molar-refractivity contribution in [2.24, 2.45) is 0 Å². The molecule has 0 aliphatic rings. The van der Waals surface area contributed by atoms with E-state index >= 15 is 0 Å². The van der Waals surface area contributed by atoms with Crippen LogP contribution in [0.15, 0.2) is 10.8 Å². The molecule has 0 amide bonds. The van der Waals surface area contributed by atoms with Crippen LogP contribution in [0.4, 0.5) is 14.6 Å². The van der Waals surface area contributed by atoms with E-state index in [1.165, 1.54) is 0 Å². The zero-order valence-corrected chi connectivity index (χ0v) is 7.77. The van der Waals surface area contributed by atoms with Crippen molar-refractivity contribution >= 4 is 21.7 Å². The van der Waals surface area contributed by atoms with Crippen molar-refractivity contribution in [2.45, 2.75) is 6.43 Å². The summed E-state index contributed by atoms with van der Waals surface area (Å²) in [6.07, 6.45) is -1.49. The Morgan fingerprint density at radius 2 is 2.17 bits per heavy atom. The molecule has 1 aromatic rings. The van der Waals surface area contributed by atoms with Crippen LogP contribution in [0.5, 0.6) is 0 Å². The van der Waals surface area contributed by atoms with Crippen LogP contribution in [0.2, 0.25) is 0 Å². The van der Waals surface area contributed by atoms with Gasteiger partial charge in [0.05, 0.1) is 4.47 Å².